The molecule has 0 aliphatic heterocycles. The highest BCUT2D eigenvalue weighted by Crippen LogP contribution is 2.07. The third-order valence-electron chi connectivity index (χ3n) is 0.597. The lowest BCUT2D eigenvalue weighted by Crippen LogP contribution is -1.65. The first kappa shape index (κ1) is 4.77. The first-order valence-corrected chi connectivity index (χ1v) is 2.54. The monoisotopic (exact) mass is 162 g/mol. The Morgan fingerprint density at radius 2 is 2.29 bits per heavy atom. The highest BCUT2D eigenvalue weighted by atomic mass is 79.9. The number of hydrogen-bond acceptors (Lipinski definition) is 3. The second-order valence-corrected chi connectivity index (χ2v) is 1.89. The highest BCUT2D eigenvalue weighted by Gasteiger charge is 1.95. The molecule has 0 atom stereocenters. The summed E-state index contributed by atoms with van der Waals surface area (Å²) in [5, 5.41) is 6.93. The standard InChI is InChI=1S/C3H3BrN2O/c1-2-3(4)6-7-5-2/h1H3. The molecule has 38 valence electrons. The number of rotatable bonds is 0. The van der Waals surface area contributed by atoms with Gasteiger partial charge in [0.05, 0.1) is 0 Å². The van der Waals surface area contributed by atoms with Gasteiger partial charge in [0.25, 0.3) is 0 Å². The van der Waals surface area contributed by atoms with E-state index >= 15 is 0 Å². The zero-order valence-electron chi connectivity index (χ0n) is 3.68. The molecule has 0 bridgehead atoms. The SMILES string of the molecule is Cc1nonc1Br. The molecule has 0 N–H and O–H groups in total. The zero-order chi connectivity index (χ0) is 5.28. The van der Waals surface area contributed by atoms with Crippen molar-refractivity contribution in [2.24, 2.45) is 0 Å². The van der Waals surface area contributed by atoms with Crippen LogP contribution in [0.3, 0.4) is 0 Å². The van der Waals surface area contributed by atoms with Crippen molar-refractivity contribution in [1.82, 2.24) is 10.3 Å². The molecule has 0 fully saturated rings. The van der Waals surface area contributed by atoms with Crippen LogP contribution in [0.5, 0.6) is 0 Å². The van der Waals surface area contributed by atoms with Gasteiger partial charge in [0, 0.05) is 0 Å². The third kappa shape index (κ3) is 0.796. The van der Waals surface area contributed by atoms with Crippen LogP contribution in [-0.4, -0.2) is 10.3 Å². The van der Waals surface area contributed by atoms with Gasteiger partial charge in [0.15, 0.2) is 4.60 Å². The third-order valence-corrected chi connectivity index (χ3v) is 1.32. The zero-order valence-corrected chi connectivity index (χ0v) is 5.27. The van der Waals surface area contributed by atoms with Crippen molar-refractivity contribution in [1.29, 1.82) is 0 Å². The van der Waals surface area contributed by atoms with E-state index in [1.54, 1.807) is 6.92 Å². The maximum atomic E-state index is 4.30. The molecule has 1 rings (SSSR count). The fourth-order valence-electron chi connectivity index (χ4n) is 0.221. The normalized spacial score (nSPS) is 9.43. The maximum Gasteiger partial charge on any atom is 0.173 e. The summed E-state index contributed by atoms with van der Waals surface area (Å²) in [5.74, 6) is 0. The van der Waals surface area contributed by atoms with Crippen LogP contribution in [0.15, 0.2) is 9.23 Å². The van der Waals surface area contributed by atoms with Gasteiger partial charge in [-0.25, -0.2) is 4.63 Å². The number of aryl methyl sites for hydroxylation is 1. The van der Waals surface area contributed by atoms with Crippen molar-refractivity contribution in [2.45, 2.75) is 6.92 Å². The fraction of sp³-hybridized carbons (Fsp3) is 0.333. The van der Waals surface area contributed by atoms with Crippen LogP contribution in [0.25, 0.3) is 0 Å². The van der Waals surface area contributed by atoms with E-state index in [1.807, 2.05) is 0 Å². The van der Waals surface area contributed by atoms with E-state index in [-0.39, 0.29) is 0 Å². The Balaban J connectivity index is 3.12. The average Bonchev–Trinajstić information content (AvgIpc) is 1.91. The molecule has 7 heavy (non-hydrogen) atoms. The Hall–Kier alpha value is -0.380. The van der Waals surface area contributed by atoms with Crippen LogP contribution in [0.1, 0.15) is 5.69 Å². The Bertz CT molecular complexity index is 145. The van der Waals surface area contributed by atoms with Crippen molar-refractivity contribution in [2.75, 3.05) is 0 Å². The van der Waals surface area contributed by atoms with E-state index in [0.717, 1.165) is 5.69 Å². The quantitative estimate of drug-likeness (QED) is 0.575. The van der Waals surface area contributed by atoms with Crippen LogP contribution >= 0.6 is 15.9 Å². The summed E-state index contributed by atoms with van der Waals surface area (Å²) in [6.07, 6.45) is 0. The van der Waals surface area contributed by atoms with E-state index < -0.39 is 0 Å². The van der Waals surface area contributed by atoms with Gasteiger partial charge in [0.1, 0.15) is 5.69 Å². The number of halogens is 1. The van der Waals surface area contributed by atoms with Gasteiger partial charge in [-0.15, -0.1) is 0 Å². The topological polar surface area (TPSA) is 38.9 Å². The minimum absolute atomic E-state index is 0.674. The molecule has 0 amide bonds. The molecule has 1 aromatic heterocycles. The Morgan fingerprint density at radius 3 is 2.43 bits per heavy atom. The van der Waals surface area contributed by atoms with Crippen LogP contribution in [0.2, 0.25) is 0 Å². The van der Waals surface area contributed by atoms with Crippen LogP contribution < -0.4 is 0 Å². The number of nitrogens with zero attached hydrogens (tertiary/aromatic N) is 2. The maximum absolute atomic E-state index is 4.30. The lowest BCUT2D eigenvalue weighted by atomic mass is 10.6. The van der Waals surface area contributed by atoms with E-state index in [2.05, 4.69) is 30.9 Å². The van der Waals surface area contributed by atoms with Gasteiger partial charge < -0.3 is 0 Å². The molecule has 0 radical (unpaired) electrons. The molecule has 0 aliphatic carbocycles. The lowest BCUT2D eigenvalue weighted by Gasteiger charge is -1.68. The predicted molar refractivity (Wildman–Crippen MR) is 26.7 cm³/mol. The molecule has 0 saturated carbocycles. The summed E-state index contributed by atoms with van der Waals surface area (Å²) in [6, 6.07) is 0. The minimum Gasteiger partial charge on any atom is -0.243 e. The summed E-state index contributed by atoms with van der Waals surface area (Å²) >= 11 is 3.10. The van der Waals surface area contributed by atoms with Crippen molar-refractivity contribution in [3.63, 3.8) is 0 Å². The molecule has 3 nitrogen and oxygen atoms in total. The van der Waals surface area contributed by atoms with Gasteiger partial charge in [0.2, 0.25) is 0 Å². The van der Waals surface area contributed by atoms with E-state index in [4.69, 9.17) is 0 Å². The molecule has 0 saturated heterocycles. The lowest BCUT2D eigenvalue weighted by molar-refractivity contribution is 0.302. The minimum atomic E-state index is 0.674. The molecule has 1 heterocycles. The van der Waals surface area contributed by atoms with Crippen LogP contribution in [-0.2, 0) is 0 Å². The van der Waals surface area contributed by atoms with Gasteiger partial charge in [-0.3, -0.25) is 0 Å². The fourth-order valence-corrected chi connectivity index (χ4v) is 0.358. The van der Waals surface area contributed by atoms with Crippen molar-refractivity contribution in [3.05, 3.63) is 10.3 Å². The summed E-state index contributed by atoms with van der Waals surface area (Å²) in [4.78, 5) is 0. The van der Waals surface area contributed by atoms with Gasteiger partial charge >= 0.3 is 0 Å². The smallest absolute Gasteiger partial charge is 0.173 e. The Kier molecular flexibility index (Phi) is 1.10. The summed E-state index contributed by atoms with van der Waals surface area (Å²) in [5.41, 5.74) is 0.778. The molecular formula is C3H3BrN2O. The molecule has 0 spiro atoms. The number of aromatic nitrogens is 2. The largest absolute Gasteiger partial charge is 0.243 e. The van der Waals surface area contributed by atoms with E-state index in [9.17, 15) is 0 Å². The van der Waals surface area contributed by atoms with E-state index in [1.165, 1.54) is 0 Å². The van der Waals surface area contributed by atoms with Gasteiger partial charge in [-0.05, 0) is 28.0 Å². The molecule has 0 aromatic carbocycles. The van der Waals surface area contributed by atoms with Crippen LogP contribution in [0, 0.1) is 6.92 Å². The average molecular weight is 163 g/mol. The van der Waals surface area contributed by atoms with Gasteiger partial charge in [-0.1, -0.05) is 5.16 Å². The summed E-state index contributed by atoms with van der Waals surface area (Å²) in [7, 11) is 0. The van der Waals surface area contributed by atoms with Crippen LogP contribution in [0.4, 0.5) is 0 Å². The molecular weight excluding hydrogens is 160 g/mol. The summed E-state index contributed by atoms with van der Waals surface area (Å²) in [6.45, 7) is 1.81. The first-order valence-electron chi connectivity index (χ1n) is 1.75. The molecule has 0 aliphatic rings. The Labute approximate surface area is 48.8 Å². The first-order chi connectivity index (χ1) is 3.30. The number of hydrogen-bond donors (Lipinski definition) is 0. The molecule has 4 heteroatoms. The van der Waals surface area contributed by atoms with Crippen molar-refractivity contribution < 1.29 is 4.63 Å². The van der Waals surface area contributed by atoms with Gasteiger partial charge in [-0.2, -0.15) is 0 Å². The second kappa shape index (κ2) is 1.61. The molecule has 0 unspecified atom stereocenters. The van der Waals surface area contributed by atoms with E-state index in [0.29, 0.717) is 4.60 Å². The van der Waals surface area contributed by atoms with Crippen molar-refractivity contribution >= 4 is 15.9 Å². The van der Waals surface area contributed by atoms with Crippen molar-refractivity contribution in [3.8, 4) is 0 Å². The predicted octanol–water partition coefficient (Wildman–Crippen LogP) is 1.14. The molecule has 1 aromatic rings. The summed E-state index contributed by atoms with van der Waals surface area (Å²) < 4.78 is 4.97. The highest BCUT2D eigenvalue weighted by molar-refractivity contribution is 9.10. The second-order valence-electron chi connectivity index (χ2n) is 1.14. The Morgan fingerprint density at radius 1 is 1.57 bits per heavy atom.